The van der Waals surface area contributed by atoms with E-state index >= 15 is 0 Å². The number of hydrogen-bond donors (Lipinski definition) is 1. The first kappa shape index (κ1) is 17.8. The Labute approximate surface area is 155 Å². The summed E-state index contributed by atoms with van der Waals surface area (Å²) in [5.74, 6) is 0.861. The van der Waals surface area contributed by atoms with Crippen LogP contribution in [0.1, 0.15) is 18.4 Å². The Morgan fingerprint density at radius 3 is 2.36 bits per heavy atom. The van der Waals surface area contributed by atoms with E-state index in [1.165, 1.54) is 0 Å². The Balaban J connectivity index is 1.59. The number of carbonyl (C=O) groups excluding carboxylic acids is 1. The highest BCUT2D eigenvalue weighted by Gasteiger charge is 2.24. The zero-order valence-electron chi connectivity index (χ0n) is 13.5. The molecule has 0 aliphatic carbocycles. The summed E-state index contributed by atoms with van der Waals surface area (Å²) in [5, 5.41) is 1.12. The van der Waals surface area contributed by atoms with Crippen molar-refractivity contribution in [3.05, 3.63) is 46.2 Å². The summed E-state index contributed by atoms with van der Waals surface area (Å²) in [5.41, 5.74) is 6.08. The van der Waals surface area contributed by atoms with E-state index in [2.05, 4.69) is 9.97 Å². The van der Waals surface area contributed by atoms with Gasteiger partial charge in [-0.25, -0.2) is 9.97 Å². The number of aromatic nitrogens is 2. The Kier molecular flexibility index (Phi) is 5.60. The summed E-state index contributed by atoms with van der Waals surface area (Å²) in [6, 6.07) is 5.32. The molecule has 0 atom stereocenters. The molecule has 1 aromatic carbocycles. The molecule has 2 heterocycles. The molecule has 6 nitrogen and oxygen atoms in total. The van der Waals surface area contributed by atoms with E-state index < -0.39 is 0 Å². The zero-order valence-corrected chi connectivity index (χ0v) is 15.0. The van der Waals surface area contributed by atoms with E-state index in [0.717, 1.165) is 18.4 Å². The molecule has 1 amide bonds. The molecule has 1 aliphatic rings. The molecule has 25 heavy (non-hydrogen) atoms. The number of halogens is 2. The fraction of sp³-hybridized carbons (Fsp3) is 0.353. The number of rotatable bonds is 5. The van der Waals surface area contributed by atoms with Gasteiger partial charge in [-0.05, 0) is 25.0 Å². The second-order valence-corrected chi connectivity index (χ2v) is 6.69. The monoisotopic (exact) mass is 380 g/mol. The normalized spacial score (nSPS) is 15.2. The molecular weight excluding hydrogens is 363 g/mol. The van der Waals surface area contributed by atoms with E-state index in [-0.39, 0.29) is 18.4 Å². The number of nitrogens with two attached hydrogens (primary N) is 1. The van der Waals surface area contributed by atoms with E-state index in [1.54, 1.807) is 30.6 Å². The fourth-order valence-electron chi connectivity index (χ4n) is 2.74. The van der Waals surface area contributed by atoms with Gasteiger partial charge in [0, 0.05) is 34.6 Å². The highest BCUT2D eigenvalue weighted by molar-refractivity contribution is 6.35. The number of benzene rings is 1. The lowest BCUT2D eigenvalue weighted by molar-refractivity contribution is -0.122. The molecule has 0 spiro atoms. The molecule has 1 fully saturated rings. The quantitative estimate of drug-likeness (QED) is 0.861. The number of primary amides is 1. The molecule has 2 aromatic rings. The van der Waals surface area contributed by atoms with E-state index in [9.17, 15) is 4.79 Å². The minimum atomic E-state index is -0.234. The van der Waals surface area contributed by atoms with Gasteiger partial charge in [-0.3, -0.25) is 4.79 Å². The largest absolute Gasteiger partial charge is 0.486 e. The van der Waals surface area contributed by atoms with Crippen LogP contribution in [0.5, 0.6) is 5.75 Å². The molecule has 132 valence electrons. The third-order valence-electron chi connectivity index (χ3n) is 4.24. The number of carbonyl (C=O) groups is 1. The van der Waals surface area contributed by atoms with Crippen LogP contribution in [0, 0.1) is 5.92 Å². The average molecular weight is 381 g/mol. The third kappa shape index (κ3) is 4.32. The van der Waals surface area contributed by atoms with Gasteiger partial charge in [0.05, 0.1) is 12.4 Å². The molecule has 1 aromatic heterocycles. The number of amides is 1. The molecular formula is C17H18Cl2N4O2. The van der Waals surface area contributed by atoms with E-state index in [4.69, 9.17) is 33.7 Å². The predicted octanol–water partition coefficient (Wildman–Crippen LogP) is 3.06. The lowest BCUT2D eigenvalue weighted by atomic mass is 9.96. The fourth-order valence-corrected chi connectivity index (χ4v) is 3.24. The molecule has 3 rings (SSSR count). The molecule has 1 aliphatic heterocycles. The van der Waals surface area contributed by atoms with Gasteiger partial charge < -0.3 is 15.4 Å². The van der Waals surface area contributed by atoms with Crippen LogP contribution in [0.15, 0.2) is 30.6 Å². The summed E-state index contributed by atoms with van der Waals surface area (Å²) in [7, 11) is 0. The van der Waals surface area contributed by atoms with Gasteiger partial charge in [0.25, 0.3) is 0 Å². The number of ether oxygens (including phenoxy) is 1. The van der Waals surface area contributed by atoms with Crippen molar-refractivity contribution in [2.45, 2.75) is 19.4 Å². The second kappa shape index (κ2) is 7.89. The van der Waals surface area contributed by atoms with Crippen molar-refractivity contribution in [2.24, 2.45) is 11.7 Å². The lowest BCUT2D eigenvalue weighted by Gasteiger charge is -2.30. The van der Waals surface area contributed by atoms with E-state index in [1.807, 2.05) is 4.90 Å². The van der Waals surface area contributed by atoms with Crippen LogP contribution >= 0.6 is 23.2 Å². The topological polar surface area (TPSA) is 81.3 Å². The van der Waals surface area contributed by atoms with Gasteiger partial charge in [0.15, 0.2) is 5.75 Å². The Morgan fingerprint density at radius 2 is 1.80 bits per heavy atom. The maximum Gasteiger partial charge on any atom is 0.225 e. The number of hydrogen-bond acceptors (Lipinski definition) is 5. The summed E-state index contributed by atoms with van der Waals surface area (Å²) < 4.78 is 5.67. The summed E-state index contributed by atoms with van der Waals surface area (Å²) in [6.45, 7) is 1.66. The zero-order chi connectivity index (χ0) is 17.8. The van der Waals surface area contributed by atoms with Crippen molar-refractivity contribution in [1.82, 2.24) is 9.97 Å². The van der Waals surface area contributed by atoms with Crippen LogP contribution in [-0.4, -0.2) is 29.0 Å². The highest BCUT2D eigenvalue weighted by Crippen LogP contribution is 2.26. The lowest BCUT2D eigenvalue weighted by Crippen LogP contribution is -2.39. The highest BCUT2D eigenvalue weighted by atomic mass is 35.5. The van der Waals surface area contributed by atoms with Crippen molar-refractivity contribution < 1.29 is 9.53 Å². The summed E-state index contributed by atoms with van der Waals surface area (Å²) in [4.78, 5) is 21.9. The van der Waals surface area contributed by atoms with Gasteiger partial charge in [0.1, 0.15) is 6.61 Å². The minimum absolute atomic E-state index is 0.0563. The Bertz CT molecular complexity index is 727. The van der Waals surface area contributed by atoms with Gasteiger partial charge in [-0.1, -0.05) is 29.3 Å². The molecule has 2 N–H and O–H groups in total. The second-order valence-electron chi connectivity index (χ2n) is 5.87. The smallest absolute Gasteiger partial charge is 0.225 e. The standard InChI is InChI=1S/C17H18Cl2N4O2/c18-14-2-1-3-15(19)13(14)10-25-12-8-21-17(22-9-12)23-6-4-11(5-7-23)16(20)24/h1-3,8-9,11H,4-7,10H2,(H2,20,24). The molecule has 0 radical (unpaired) electrons. The van der Waals surface area contributed by atoms with Crippen molar-refractivity contribution in [2.75, 3.05) is 18.0 Å². The Hall–Kier alpha value is -2.05. The first-order valence-corrected chi connectivity index (χ1v) is 8.72. The van der Waals surface area contributed by atoms with E-state index in [0.29, 0.717) is 34.8 Å². The van der Waals surface area contributed by atoms with Crippen molar-refractivity contribution >= 4 is 35.1 Å². The molecule has 0 saturated carbocycles. The Morgan fingerprint density at radius 1 is 1.20 bits per heavy atom. The van der Waals surface area contributed by atoms with Gasteiger partial charge in [0.2, 0.25) is 11.9 Å². The summed E-state index contributed by atoms with van der Waals surface area (Å²) in [6.07, 6.45) is 4.68. The molecule has 8 heteroatoms. The first-order valence-electron chi connectivity index (χ1n) is 7.96. The molecule has 0 unspecified atom stereocenters. The van der Waals surface area contributed by atoms with Crippen LogP contribution in [0.2, 0.25) is 10.0 Å². The van der Waals surface area contributed by atoms with Crippen LogP contribution < -0.4 is 15.4 Å². The van der Waals surface area contributed by atoms with Crippen LogP contribution in [0.3, 0.4) is 0 Å². The van der Waals surface area contributed by atoms with Crippen LogP contribution in [0.4, 0.5) is 5.95 Å². The summed E-state index contributed by atoms with van der Waals surface area (Å²) >= 11 is 12.2. The maximum absolute atomic E-state index is 11.2. The number of piperidine rings is 1. The average Bonchev–Trinajstić information content (AvgIpc) is 2.62. The van der Waals surface area contributed by atoms with Gasteiger partial charge in [-0.15, -0.1) is 0 Å². The molecule has 1 saturated heterocycles. The SMILES string of the molecule is NC(=O)C1CCN(c2ncc(OCc3c(Cl)cccc3Cl)cn2)CC1. The van der Waals surface area contributed by atoms with Crippen LogP contribution in [-0.2, 0) is 11.4 Å². The van der Waals surface area contributed by atoms with Crippen molar-refractivity contribution in [3.8, 4) is 5.75 Å². The van der Waals surface area contributed by atoms with Crippen LogP contribution in [0.25, 0.3) is 0 Å². The van der Waals surface area contributed by atoms with Gasteiger partial charge >= 0.3 is 0 Å². The first-order chi connectivity index (χ1) is 12.0. The number of nitrogens with zero attached hydrogens (tertiary/aromatic N) is 3. The van der Waals surface area contributed by atoms with Gasteiger partial charge in [-0.2, -0.15) is 0 Å². The number of anilines is 1. The maximum atomic E-state index is 11.2. The van der Waals surface area contributed by atoms with Crippen molar-refractivity contribution in [3.63, 3.8) is 0 Å². The minimum Gasteiger partial charge on any atom is -0.486 e. The third-order valence-corrected chi connectivity index (χ3v) is 4.95. The predicted molar refractivity (Wildman–Crippen MR) is 97.0 cm³/mol. The van der Waals surface area contributed by atoms with Crippen molar-refractivity contribution in [1.29, 1.82) is 0 Å². The molecule has 0 bridgehead atoms.